The van der Waals surface area contributed by atoms with E-state index in [2.05, 4.69) is 15.8 Å². The fourth-order valence-electron chi connectivity index (χ4n) is 3.09. The lowest BCUT2D eigenvalue weighted by Crippen LogP contribution is -2.34. The summed E-state index contributed by atoms with van der Waals surface area (Å²) in [5, 5.41) is 8.57. The Hall–Kier alpha value is -4.13. The SMILES string of the molecule is CCOc1ccc2ccccc2c1/C=N\NC(=O)CNC(=O)/C=C\c1ccccc1OC. The quantitative estimate of drug-likeness (QED) is 0.308. The largest absolute Gasteiger partial charge is 0.496 e. The first kappa shape index (κ1) is 22.6. The second kappa shape index (κ2) is 11.3. The van der Waals surface area contributed by atoms with Gasteiger partial charge in [-0.2, -0.15) is 5.10 Å². The fourth-order valence-corrected chi connectivity index (χ4v) is 3.09. The van der Waals surface area contributed by atoms with E-state index in [9.17, 15) is 9.59 Å². The van der Waals surface area contributed by atoms with Gasteiger partial charge in [-0.15, -0.1) is 0 Å². The van der Waals surface area contributed by atoms with Crippen molar-refractivity contribution in [3.8, 4) is 11.5 Å². The molecule has 7 nitrogen and oxygen atoms in total. The van der Waals surface area contributed by atoms with Gasteiger partial charge in [0.2, 0.25) is 5.91 Å². The molecule has 0 radical (unpaired) electrons. The molecule has 3 rings (SSSR count). The number of carbonyl (C=O) groups is 2. The van der Waals surface area contributed by atoms with E-state index >= 15 is 0 Å². The van der Waals surface area contributed by atoms with Crippen molar-refractivity contribution in [2.45, 2.75) is 6.92 Å². The number of carbonyl (C=O) groups excluding carboxylic acids is 2. The van der Waals surface area contributed by atoms with E-state index in [1.54, 1.807) is 25.5 Å². The van der Waals surface area contributed by atoms with Gasteiger partial charge in [-0.25, -0.2) is 5.43 Å². The Kier molecular flexibility index (Phi) is 7.97. The van der Waals surface area contributed by atoms with E-state index in [-0.39, 0.29) is 6.54 Å². The van der Waals surface area contributed by atoms with Gasteiger partial charge in [-0.05, 0) is 35.9 Å². The standard InChI is InChI=1S/C25H25N3O4/c1-3-32-23-14-12-18-8-4-6-10-20(18)21(23)16-27-28-25(30)17-26-24(29)15-13-19-9-5-7-11-22(19)31-2/h4-16H,3,17H2,1-2H3,(H,26,29)(H,28,30)/b15-13-,27-16-. The number of ether oxygens (including phenoxy) is 2. The molecule has 0 aliphatic heterocycles. The smallest absolute Gasteiger partial charge is 0.259 e. The Morgan fingerprint density at radius 2 is 1.78 bits per heavy atom. The van der Waals surface area contributed by atoms with E-state index in [0.29, 0.717) is 18.1 Å². The minimum Gasteiger partial charge on any atom is -0.496 e. The van der Waals surface area contributed by atoms with Gasteiger partial charge in [-0.1, -0.05) is 48.5 Å². The highest BCUT2D eigenvalue weighted by molar-refractivity contribution is 6.02. The molecule has 0 aromatic heterocycles. The number of hydrazone groups is 1. The molecule has 0 heterocycles. The van der Waals surface area contributed by atoms with Crippen molar-refractivity contribution in [2.24, 2.45) is 5.10 Å². The van der Waals surface area contributed by atoms with Crippen molar-refractivity contribution in [1.82, 2.24) is 10.7 Å². The molecule has 0 fully saturated rings. The Labute approximate surface area is 186 Å². The van der Waals surface area contributed by atoms with Crippen molar-refractivity contribution in [2.75, 3.05) is 20.3 Å². The number of rotatable bonds is 9. The van der Waals surface area contributed by atoms with Crippen molar-refractivity contribution in [1.29, 1.82) is 0 Å². The molecule has 2 amide bonds. The highest BCUT2D eigenvalue weighted by atomic mass is 16.5. The summed E-state index contributed by atoms with van der Waals surface area (Å²) < 4.78 is 10.9. The third kappa shape index (κ3) is 5.95. The molecule has 0 bridgehead atoms. The monoisotopic (exact) mass is 431 g/mol. The molecule has 0 aliphatic rings. The van der Waals surface area contributed by atoms with Crippen LogP contribution >= 0.6 is 0 Å². The molecule has 0 aliphatic carbocycles. The Morgan fingerprint density at radius 3 is 2.59 bits per heavy atom. The number of para-hydroxylation sites is 1. The van der Waals surface area contributed by atoms with E-state index in [0.717, 1.165) is 21.9 Å². The van der Waals surface area contributed by atoms with Crippen LogP contribution in [0.5, 0.6) is 11.5 Å². The van der Waals surface area contributed by atoms with Crippen LogP contribution in [0.3, 0.4) is 0 Å². The molecule has 0 unspecified atom stereocenters. The van der Waals surface area contributed by atoms with Crippen LogP contribution < -0.4 is 20.2 Å². The maximum Gasteiger partial charge on any atom is 0.259 e. The number of nitrogens with one attached hydrogen (secondary N) is 2. The first-order valence-corrected chi connectivity index (χ1v) is 10.2. The second-order valence-corrected chi connectivity index (χ2v) is 6.72. The average molecular weight is 431 g/mol. The highest BCUT2D eigenvalue weighted by Crippen LogP contribution is 2.26. The molecule has 0 saturated heterocycles. The van der Waals surface area contributed by atoms with Crippen molar-refractivity contribution >= 4 is 34.9 Å². The van der Waals surface area contributed by atoms with Gasteiger partial charge in [0, 0.05) is 17.2 Å². The number of methoxy groups -OCH3 is 1. The van der Waals surface area contributed by atoms with Crippen molar-refractivity contribution < 1.29 is 19.1 Å². The van der Waals surface area contributed by atoms with E-state index in [1.165, 1.54) is 6.08 Å². The van der Waals surface area contributed by atoms with Crippen LogP contribution in [0.1, 0.15) is 18.1 Å². The van der Waals surface area contributed by atoms with Gasteiger partial charge in [0.25, 0.3) is 5.91 Å². The average Bonchev–Trinajstić information content (AvgIpc) is 2.82. The molecule has 3 aromatic rings. The molecule has 0 spiro atoms. The molecule has 164 valence electrons. The van der Waals surface area contributed by atoms with Crippen LogP contribution in [0.15, 0.2) is 71.8 Å². The molecule has 2 N–H and O–H groups in total. The van der Waals surface area contributed by atoms with Gasteiger partial charge >= 0.3 is 0 Å². The van der Waals surface area contributed by atoms with Gasteiger partial charge in [0.15, 0.2) is 0 Å². The van der Waals surface area contributed by atoms with Crippen LogP contribution in [0.4, 0.5) is 0 Å². The second-order valence-electron chi connectivity index (χ2n) is 6.72. The molecule has 7 heteroatoms. The van der Waals surface area contributed by atoms with Crippen molar-refractivity contribution in [3.05, 3.63) is 77.9 Å². The lowest BCUT2D eigenvalue weighted by Gasteiger charge is -2.10. The Morgan fingerprint density at radius 1 is 1.00 bits per heavy atom. The van der Waals surface area contributed by atoms with Gasteiger partial charge in [0.1, 0.15) is 11.5 Å². The van der Waals surface area contributed by atoms with Crippen LogP contribution in [-0.4, -0.2) is 38.3 Å². The van der Waals surface area contributed by atoms with E-state index in [4.69, 9.17) is 9.47 Å². The molecule has 0 saturated carbocycles. The Bertz CT molecular complexity index is 1150. The first-order chi connectivity index (χ1) is 15.6. The number of fused-ring (bicyclic) bond motifs is 1. The maximum absolute atomic E-state index is 12.1. The molecule has 3 aromatic carbocycles. The summed E-state index contributed by atoms with van der Waals surface area (Å²) in [5.74, 6) is 0.490. The number of hydrogen-bond acceptors (Lipinski definition) is 5. The van der Waals surface area contributed by atoms with Crippen molar-refractivity contribution in [3.63, 3.8) is 0 Å². The summed E-state index contributed by atoms with van der Waals surface area (Å²) in [5.41, 5.74) is 3.96. The molecule has 0 atom stereocenters. The number of amides is 2. The molecule has 32 heavy (non-hydrogen) atoms. The third-order valence-electron chi connectivity index (χ3n) is 4.59. The minimum absolute atomic E-state index is 0.208. The number of benzene rings is 3. The zero-order valence-corrected chi connectivity index (χ0v) is 18.0. The minimum atomic E-state index is -0.446. The number of hydrogen-bond donors (Lipinski definition) is 2. The lowest BCUT2D eigenvalue weighted by molar-refractivity contribution is -0.123. The van der Waals surface area contributed by atoms with Crippen LogP contribution in [0, 0.1) is 0 Å². The third-order valence-corrected chi connectivity index (χ3v) is 4.59. The fraction of sp³-hybridized carbons (Fsp3) is 0.160. The summed E-state index contributed by atoms with van der Waals surface area (Å²) in [7, 11) is 1.56. The summed E-state index contributed by atoms with van der Waals surface area (Å²) in [6.45, 7) is 2.21. The predicted octanol–water partition coefficient (Wildman–Crippen LogP) is 3.53. The van der Waals surface area contributed by atoms with Crippen LogP contribution in [0.2, 0.25) is 0 Å². The molecular weight excluding hydrogens is 406 g/mol. The summed E-state index contributed by atoms with van der Waals surface area (Å²) in [4.78, 5) is 24.1. The van der Waals surface area contributed by atoms with E-state index < -0.39 is 11.8 Å². The van der Waals surface area contributed by atoms with Crippen LogP contribution in [-0.2, 0) is 9.59 Å². The summed E-state index contributed by atoms with van der Waals surface area (Å²) in [6, 6.07) is 19.0. The number of nitrogens with zero attached hydrogens (tertiary/aromatic N) is 1. The maximum atomic E-state index is 12.1. The predicted molar refractivity (Wildman–Crippen MR) is 126 cm³/mol. The highest BCUT2D eigenvalue weighted by Gasteiger charge is 2.07. The topological polar surface area (TPSA) is 89.0 Å². The van der Waals surface area contributed by atoms with Gasteiger partial charge in [-0.3, -0.25) is 9.59 Å². The normalized spacial score (nSPS) is 11.1. The van der Waals surface area contributed by atoms with Crippen LogP contribution in [0.25, 0.3) is 16.8 Å². The summed E-state index contributed by atoms with van der Waals surface area (Å²) >= 11 is 0. The lowest BCUT2D eigenvalue weighted by atomic mass is 10.0. The summed E-state index contributed by atoms with van der Waals surface area (Å²) in [6.07, 6.45) is 4.52. The zero-order chi connectivity index (χ0) is 22.8. The zero-order valence-electron chi connectivity index (χ0n) is 18.0. The van der Waals surface area contributed by atoms with Gasteiger partial charge in [0.05, 0.1) is 26.5 Å². The molecular formula is C25H25N3O4. The van der Waals surface area contributed by atoms with Gasteiger partial charge < -0.3 is 14.8 Å². The first-order valence-electron chi connectivity index (χ1n) is 10.2. The van der Waals surface area contributed by atoms with E-state index in [1.807, 2.05) is 61.5 Å². The Balaban J connectivity index is 1.57.